The predicted molar refractivity (Wildman–Crippen MR) is 257 cm³/mol. The minimum atomic E-state index is -0.148. The Morgan fingerprint density at radius 1 is 0.333 bits per heavy atom. The maximum atomic E-state index is 2.56. The van der Waals surface area contributed by atoms with Crippen LogP contribution in [0.1, 0.15) is 37.8 Å². The summed E-state index contributed by atoms with van der Waals surface area (Å²) in [5.41, 5.74) is 16.4. The molecule has 1 aliphatic carbocycles. The van der Waals surface area contributed by atoms with E-state index in [0.717, 1.165) is 24.2 Å². The van der Waals surface area contributed by atoms with E-state index in [1.807, 2.05) is 0 Å². The van der Waals surface area contributed by atoms with Gasteiger partial charge in [-0.15, -0.1) is 0 Å². The van der Waals surface area contributed by atoms with Gasteiger partial charge in [0.05, 0.1) is 0 Å². The van der Waals surface area contributed by atoms with Crippen molar-refractivity contribution in [2.45, 2.75) is 32.1 Å². The summed E-state index contributed by atoms with van der Waals surface area (Å²) in [5.74, 6) is 0. The van der Waals surface area contributed by atoms with Crippen LogP contribution in [0.5, 0.6) is 0 Å². The van der Waals surface area contributed by atoms with Gasteiger partial charge in [-0.05, 0) is 149 Å². The van der Waals surface area contributed by atoms with E-state index in [1.54, 1.807) is 0 Å². The third kappa shape index (κ3) is 5.53. The minimum absolute atomic E-state index is 0.148. The number of anilines is 3. The van der Waals surface area contributed by atoms with Crippen LogP contribution >= 0.6 is 0 Å². The lowest BCUT2D eigenvalue weighted by atomic mass is 9.73. The molecule has 0 radical (unpaired) electrons. The number of nitrogens with zero attached hydrogens (tertiary/aromatic N) is 1. The zero-order valence-electron chi connectivity index (χ0n) is 34.1. The Morgan fingerprint density at radius 3 is 1.37 bits per heavy atom. The second kappa shape index (κ2) is 14.6. The maximum Gasteiger partial charge on any atom is 0.0465 e. The molecule has 0 fully saturated rings. The predicted octanol–water partition coefficient (Wildman–Crippen LogP) is 16.7. The fraction of sp³-hybridized carbons (Fsp3) is 0.0847. The Hall–Kier alpha value is -7.22. The van der Waals surface area contributed by atoms with Crippen LogP contribution in [0.15, 0.2) is 212 Å². The third-order valence-electron chi connectivity index (χ3n) is 13.3. The molecule has 1 nitrogen and oxygen atoms in total. The maximum absolute atomic E-state index is 2.56. The quantitative estimate of drug-likeness (QED) is 0.139. The smallest absolute Gasteiger partial charge is 0.0465 e. The molecule has 0 N–H and O–H groups in total. The number of rotatable bonds is 8. The van der Waals surface area contributed by atoms with Crippen molar-refractivity contribution in [1.29, 1.82) is 0 Å². The van der Waals surface area contributed by atoms with Crippen LogP contribution in [0.4, 0.5) is 17.1 Å². The Bertz CT molecular complexity index is 3160. The summed E-state index contributed by atoms with van der Waals surface area (Å²) in [4.78, 5) is 2.39. The van der Waals surface area contributed by atoms with Gasteiger partial charge in [-0.3, -0.25) is 0 Å². The molecule has 0 bridgehead atoms. The second-order valence-corrected chi connectivity index (χ2v) is 16.2. The van der Waals surface area contributed by atoms with E-state index in [0.29, 0.717) is 0 Å². The topological polar surface area (TPSA) is 3.24 Å². The molecule has 0 saturated heterocycles. The fourth-order valence-electron chi connectivity index (χ4n) is 10.5. The molecule has 1 aliphatic rings. The van der Waals surface area contributed by atoms with Crippen molar-refractivity contribution in [1.82, 2.24) is 0 Å². The Labute approximate surface area is 352 Å². The molecule has 60 heavy (non-hydrogen) atoms. The first kappa shape index (κ1) is 35.9. The molecule has 10 aromatic rings. The van der Waals surface area contributed by atoms with Gasteiger partial charge >= 0.3 is 0 Å². The first-order valence-electron chi connectivity index (χ1n) is 21.4. The molecule has 0 unspecified atom stereocenters. The monoisotopic (exact) mass is 767 g/mol. The van der Waals surface area contributed by atoms with Gasteiger partial charge in [-0.1, -0.05) is 178 Å². The lowest BCUT2D eigenvalue weighted by Gasteiger charge is -2.32. The summed E-state index contributed by atoms with van der Waals surface area (Å²) in [5, 5.41) is 7.74. The number of para-hydroxylation sites is 2. The van der Waals surface area contributed by atoms with Gasteiger partial charge in [0.15, 0.2) is 0 Å². The molecule has 286 valence electrons. The van der Waals surface area contributed by atoms with Crippen LogP contribution < -0.4 is 4.90 Å². The number of hydrogen-bond acceptors (Lipinski definition) is 1. The average Bonchev–Trinajstić information content (AvgIpc) is 3.60. The molecule has 0 amide bonds. The van der Waals surface area contributed by atoms with Crippen LogP contribution in [0.3, 0.4) is 0 Å². The molecule has 0 spiro atoms. The Kier molecular flexibility index (Phi) is 8.71. The van der Waals surface area contributed by atoms with Gasteiger partial charge in [0.2, 0.25) is 0 Å². The molecular weight excluding hydrogens is 723 g/mol. The van der Waals surface area contributed by atoms with Crippen LogP contribution in [0.2, 0.25) is 0 Å². The highest BCUT2D eigenvalue weighted by Gasteiger charge is 2.41. The van der Waals surface area contributed by atoms with Crippen LogP contribution in [0, 0.1) is 0 Å². The van der Waals surface area contributed by atoms with Crippen molar-refractivity contribution in [2.75, 3.05) is 4.90 Å². The summed E-state index contributed by atoms with van der Waals surface area (Å²) in [6.07, 6.45) is 2.00. The summed E-state index contributed by atoms with van der Waals surface area (Å²) >= 11 is 0. The Morgan fingerprint density at radius 2 is 0.800 bits per heavy atom. The third-order valence-corrected chi connectivity index (χ3v) is 13.3. The van der Waals surface area contributed by atoms with Gasteiger partial charge < -0.3 is 4.90 Å². The lowest BCUT2D eigenvalue weighted by molar-refractivity contribution is 0.490. The highest BCUT2D eigenvalue weighted by atomic mass is 15.1. The molecular formula is C59H45N. The van der Waals surface area contributed by atoms with E-state index in [-0.39, 0.29) is 5.41 Å². The van der Waals surface area contributed by atoms with E-state index < -0.39 is 0 Å². The molecule has 0 saturated carbocycles. The van der Waals surface area contributed by atoms with Crippen LogP contribution in [-0.4, -0.2) is 0 Å². The minimum Gasteiger partial charge on any atom is -0.310 e. The van der Waals surface area contributed by atoms with E-state index in [9.17, 15) is 0 Å². The summed E-state index contributed by atoms with van der Waals surface area (Å²) in [6, 6.07) is 78.7. The van der Waals surface area contributed by atoms with E-state index in [1.165, 1.54) is 93.6 Å². The van der Waals surface area contributed by atoms with Gasteiger partial charge in [0.1, 0.15) is 0 Å². The molecule has 11 rings (SSSR count). The zero-order valence-corrected chi connectivity index (χ0v) is 34.1. The molecule has 0 aliphatic heterocycles. The summed E-state index contributed by atoms with van der Waals surface area (Å²) in [6.45, 7) is 4.76. The van der Waals surface area contributed by atoms with Gasteiger partial charge in [-0.25, -0.2) is 0 Å². The highest BCUT2D eigenvalue weighted by molar-refractivity contribution is 6.33. The van der Waals surface area contributed by atoms with Crippen molar-refractivity contribution < 1.29 is 0 Å². The van der Waals surface area contributed by atoms with Gasteiger partial charge in [-0.2, -0.15) is 0 Å². The van der Waals surface area contributed by atoms with Crippen LogP contribution in [-0.2, 0) is 5.41 Å². The molecule has 0 heterocycles. The Balaban J connectivity index is 1.19. The van der Waals surface area contributed by atoms with E-state index in [4.69, 9.17) is 0 Å². The van der Waals surface area contributed by atoms with E-state index in [2.05, 4.69) is 231 Å². The number of hydrogen-bond donors (Lipinski definition) is 0. The van der Waals surface area contributed by atoms with Crippen molar-refractivity contribution in [2.24, 2.45) is 0 Å². The highest BCUT2D eigenvalue weighted by Crippen LogP contribution is 2.56. The molecule has 0 atom stereocenters. The zero-order chi connectivity index (χ0) is 40.2. The van der Waals surface area contributed by atoms with Crippen LogP contribution in [0.25, 0.3) is 76.8 Å². The largest absolute Gasteiger partial charge is 0.310 e. The number of benzene rings is 10. The molecule has 10 aromatic carbocycles. The fourth-order valence-corrected chi connectivity index (χ4v) is 10.5. The van der Waals surface area contributed by atoms with E-state index >= 15 is 0 Å². The SMILES string of the molecule is CCC1(CC)c2cc(-c3cc(-c4ccccc4)c4c5ccccc5c5ccccc5c4c3-c3ccccc3)ccc2-c2ccc(N(c3ccccc3)c3ccccc3)cc21. The molecule has 0 aromatic heterocycles. The van der Waals surface area contributed by atoms with Crippen molar-refractivity contribution in [3.05, 3.63) is 223 Å². The first-order chi connectivity index (χ1) is 29.7. The first-order valence-corrected chi connectivity index (χ1v) is 21.4. The average molecular weight is 768 g/mol. The van der Waals surface area contributed by atoms with Crippen molar-refractivity contribution >= 4 is 49.4 Å². The summed E-state index contributed by atoms with van der Waals surface area (Å²) < 4.78 is 0. The standard InChI is InChI=1S/C59H45N/c1-3-59(4-2)54-37-42(33-35-48(54)49-36-34-45(38-55(49)59)60(43-25-13-7-14-26-43)44-27-15-8-16-28-44)53-39-52(40-21-9-5-10-22-40)57-50-31-19-17-29-46(50)47-30-18-20-32-51(47)58(57)56(53)41-23-11-6-12-24-41/h5-39H,3-4H2,1-2H3. The normalized spacial score (nSPS) is 12.8. The van der Waals surface area contributed by atoms with Crippen molar-refractivity contribution in [3.63, 3.8) is 0 Å². The summed E-state index contributed by atoms with van der Waals surface area (Å²) in [7, 11) is 0. The molecule has 1 heteroatoms. The lowest BCUT2D eigenvalue weighted by Crippen LogP contribution is -2.23. The van der Waals surface area contributed by atoms with Crippen molar-refractivity contribution in [3.8, 4) is 44.5 Å². The second-order valence-electron chi connectivity index (χ2n) is 16.2. The van der Waals surface area contributed by atoms with Gasteiger partial charge in [0, 0.05) is 22.5 Å². The number of fused-ring (bicyclic) bond motifs is 9. The van der Waals surface area contributed by atoms with Gasteiger partial charge in [0.25, 0.3) is 0 Å².